The van der Waals surface area contributed by atoms with Gasteiger partial charge in [-0.1, -0.05) is 70.4 Å². The molecule has 11 atom stereocenters. The van der Waals surface area contributed by atoms with Gasteiger partial charge in [-0.2, -0.15) is 8.42 Å². The Bertz CT molecular complexity index is 1160. The molecule has 3 fully saturated rings. The summed E-state index contributed by atoms with van der Waals surface area (Å²) >= 11 is 0. The van der Waals surface area contributed by atoms with E-state index in [4.69, 9.17) is 4.18 Å². The van der Waals surface area contributed by atoms with E-state index in [2.05, 4.69) is 33.8 Å². The van der Waals surface area contributed by atoms with Gasteiger partial charge in [0.15, 0.2) is 0 Å². The molecule has 5 rings (SSSR count). The number of fused-ring (bicyclic) bond motifs is 5. The van der Waals surface area contributed by atoms with Crippen LogP contribution in [0.5, 0.6) is 0 Å². The number of aliphatic hydroxyl groups is 2. The largest absolute Gasteiger partial charge is 0.393 e. The summed E-state index contributed by atoms with van der Waals surface area (Å²) in [6.45, 7) is 11.2. The van der Waals surface area contributed by atoms with Gasteiger partial charge in [-0.15, -0.1) is 0 Å². The molecular formula is C34H52O5S. The summed E-state index contributed by atoms with van der Waals surface area (Å²) in [5, 5.41) is 21.8. The maximum Gasteiger partial charge on any atom is 0.297 e. The van der Waals surface area contributed by atoms with E-state index in [1.807, 2.05) is 6.92 Å². The van der Waals surface area contributed by atoms with E-state index in [0.717, 1.165) is 51.4 Å². The highest BCUT2D eigenvalue weighted by Crippen LogP contribution is 2.67. The molecule has 224 valence electrons. The Morgan fingerprint density at radius 1 is 1.00 bits per heavy atom. The summed E-state index contributed by atoms with van der Waals surface area (Å²) in [5.74, 6) is 2.73. The fraction of sp³-hybridized carbons (Fsp3) is 0.765. The monoisotopic (exact) mass is 572 g/mol. The minimum Gasteiger partial charge on any atom is -0.393 e. The quantitative estimate of drug-likeness (QED) is 0.243. The highest BCUT2D eigenvalue weighted by molar-refractivity contribution is 7.86. The first kappa shape index (κ1) is 30.3. The number of rotatable bonds is 9. The van der Waals surface area contributed by atoms with Crippen LogP contribution in [0.25, 0.3) is 0 Å². The molecular weight excluding hydrogens is 520 g/mol. The minimum absolute atomic E-state index is 0.121. The molecule has 0 saturated heterocycles. The molecule has 0 bridgehead atoms. The number of benzene rings is 1. The Balaban J connectivity index is 1.18. The zero-order chi connectivity index (χ0) is 28.9. The maximum absolute atomic E-state index is 12.7. The standard InChI is InChI=1S/C34H52O5S/c1-22(24(3)39-40(37,38)27-12-7-6-8-13-27)10-9-11-23(2)32-31(36)21-30-28-15-14-25-20-26(35)16-18-33(25,4)29(28)17-19-34(30,32)5/h6-8,12-14,22-24,26,28-32,35-36H,9-11,15-21H2,1-5H3/t22?,23-,24?,26?,28-,29+,30+,31?,32+,33+,34+/m1/s1. The molecule has 1 aromatic carbocycles. The fourth-order valence-corrected chi connectivity index (χ4v) is 11.0. The molecule has 6 heteroatoms. The van der Waals surface area contributed by atoms with Crippen molar-refractivity contribution in [3.63, 3.8) is 0 Å². The molecule has 2 N–H and O–H groups in total. The maximum atomic E-state index is 12.7. The second-order valence-electron chi connectivity index (χ2n) is 14.5. The van der Waals surface area contributed by atoms with Crippen molar-refractivity contribution in [2.45, 2.75) is 122 Å². The molecule has 0 amide bonds. The average molecular weight is 573 g/mol. The molecule has 0 heterocycles. The van der Waals surface area contributed by atoms with Crippen LogP contribution in [0.2, 0.25) is 0 Å². The topological polar surface area (TPSA) is 83.8 Å². The van der Waals surface area contributed by atoms with Crippen LogP contribution in [-0.2, 0) is 14.3 Å². The van der Waals surface area contributed by atoms with Crippen LogP contribution in [0.4, 0.5) is 0 Å². The van der Waals surface area contributed by atoms with Crippen molar-refractivity contribution in [1.29, 1.82) is 0 Å². The number of hydrogen-bond acceptors (Lipinski definition) is 5. The predicted molar refractivity (Wildman–Crippen MR) is 159 cm³/mol. The second kappa shape index (κ2) is 11.5. The molecule has 0 aliphatic heterocycles. The molecule has 5 nitrogen and oxygen atoms in total. The van der Waals surface area contributed by atoms with E-state index < -0.39 is 10.1 Å². The first-order valence-corrected chi connectivity index (χ1v) is 17.3. The summed E-state index contributed by atoms with van der Waals surface area (Å²) < 4.78 is 30.9. The van der Waals surface area contributed by atoms with Gasteiger partial charge in [0.2, 0.25) is 0 Å². The van der Waals surface area contributed by atoms with E-state index in [1.165, 1.54) is 18.4 Å². The summed E-state index contributed by atoms with van der Waals surface area (Å²) in [6, 6.07) is 8.37. The smallest absolute Gasteiger partial charge is 0.297 e. The van der Waals surface area contributed by atoms with Crippen LogP contribution in [0.3, 0.4) is 0 Å². The van der Waals surface area contributed by atoms with Crippen molar-refractivity contribution in [2.75, 3.05) is 0 Å². The van der Waals surface area contributed by atoms with Crippen molar-refractivity contribution >= 4 is 10.1 Å². The molecule has 3 saturated carbocycles. The Kier molecular flexibility index (Phi) is 8.67. The zero-order valence-electron chi connectivity index (χ0n) is 25.3. The number of aliphatic hydroxyl groups excluding tert-OH is 2. The van der Waals surface area contributed by atoms with Crippen molar-refractivity contribution in [3.05, 3.63) is 42.0 Å². The van der Waals surface area contributed by atoms with Gasteiger partial charge in [0.25, 0.3) is 10.1 Å². The van der Waals surface area contributed by atoms with Gasteiger partial charge in [-0.3, -0.25) is 4.18 Å². The Morgan fingerprint density at radius 3 is 2.45 bits per heavy atom. The average Bonchev–Trinajstić information content (AvgIpc) is 3.19. The SMILES string of the molecule is CC(CCC[C@@H](C)[C@H]1C(O)C[C@H]2[C@@H]3CC=C4CC(O)CC[C@]4(C)[C@H]3CC[C@]12C)C(C)OS(=O)(=O)c1ccccc1. The molecule has 1 aromatic rings. The molecule has 40 heavy (non-hydrogen) atoms. The highest BCUT2D eigenvalue weighted by atomic mass is 32.2. The molecule has 0 aromatic heterocycles. The van der Waals surface area contributed by atoms with Crippen LogP contribution in [0, 0.1) is 46.3 Å². The van der Waals surface area contributed by atoms with Gasteiger partial charge in [0, 0.05) is 0 Å². The van der Waals surface area contributed by atoms with Gasteiger partial charge in [0.05, 0.1) is 23.2 Å². The molecule has 0 radical (unpaired) electrons. The van der Waals surface area contributed by atoms with Crippen LogP contribution >= 0.6 is 0 Å². The molecule has 0 spiro atoms. The zero-order valence-corrected chi connectivity index (χ0v) is 26.1. The van der Waals surface area contributed by atoms with Crippen LogP contribution in [0.1, 0.15) is 98.8 Å². The summed E-state index contributed by atoms with van der Waals surface area (Å²) in [7, 11) is -3.76. The normalized spacial score (nSPS) is 39.8. The Labute approximate surface area is 242 Å². The van der Waals surface area contributed by atoms with Crippen LogP contribution < -0.4 is 0 Å². The second-order valence-corrected chi connectivity index (χ2v) is 16.1. The third-order valence-corrected chi connectivity index (χ3v) is 13.6. The lowest BCUT2D eigenvalue weighted by molar-refractivity contribution is -0.0620. The predicted octanol–water partition coefficient (Wildman–Crippen LogP) is 7.13. The molecule has 4 unspecified atom stereocenters. The Hall–Kier alpha value is -1.21. The lowest BCUT2D eigenvalue weighted by Gasteiger charge is -2.58. The van der Waals surface area contributed by atoms with Gasteiger partial charge in [-0.25, -0.2) is 0 Å². The van der Waals surface area contributed by atoms with Crippen molar-refractivity contribution in [2.24, 2.45) is 46.3 Å². The highest BCUT2D eigenvalue weighted by Gasteiger charge is 2.61. The van der Waals surface area contributed by atoms with Crippen LogP contribution in [0.15, 0.2) is 46.9 Å². The summed E-state index contributed by atoms with van der Waals surface area (Å²) in [4.78, 5) is 0.204. The van der Waals surface area contributed by atoms with E-state index >= 15 is 0 Å². The number of allylic oxidation sites excluding steroid dienone is 1. The van der Waals surface area contributed by atoms with Crippen molar-refractivity contribution < 1.29 is 22.8 Å². The first-order valence-electron chi connectivity index (χ1n) is 15.9. The van der Waals surface area contributed by atoms with Crippen LogP contribution in [-0.4, -0.2) is 36.9 Å². The molecule has 4 aliphatic carbocycles. The Morgan fingerprint density at radius 2 is 1.73 bits per heavy atom. The van der Waals surface area contributed by atoms with E-state index in [-0.39, 0.29) is 40.0 Å². The third kappa shape index (κ3) is 5.47. The van der Waals surface area contributed by atoms with Gasteiger partial charge < -0.3 is 10.2 Å². The van der Waals surface area contributed by atoms with Gasteiger partial charge in [-0.05, 0) is 117 Å². The molecule has 4 aliphatic rings. The van der Waals surface area contributed by atoms with Gasteiger partial charge >= 0.3 is 0 Å². The lowest BCUT2D eigenvalue weighted by Crippen LogP contribution is -2.51. The van der Waals surface area contributed by atoms with Crippen molar-refractivity contribution in [3.8, 4) is 0 Å². The number of hydrogen-bond donors (Lipinski definition) is 2. The van der Waals surface area contributed by atoms with E-state index in [9.17, 15) is 18.6 Å². The third-order valence-electron chi connectivity index (χ3n) is 12.2. The minimum atomic E-state index is -3.76. The lowest BCUT2D eigenvalue weighted by atomic mass is 9.47. The summed E-state index contributed by atoms with van der Waals surface area (Å²) in [6.07, 6.45) is 11.9. The van der Waals surface area contributed by atoms with E-state index in [1.54, 1.807) is 30.3 Å². The van der Waals surface area contributed by atoms with E-state index in [0.29, 0.717) is 29.6 Å². The summed E-state index contributed by atoms with van der Waals surface area (Å²) in [5.41, 5.74) is 1.89. The first-order chi connectivity index (χ1) is 18.9. The van der Waals surface area contributed by atoms with Gasteiger partial charge in [0.1, 0.15) is 0 Å². The fourth-order valence-electron chi connectivity index (χ4n) is 9.84. The van der Waals surface area contributed by atoms with Crippen molar-refractivity contribution in [1.82, 2.24) is 0 Å².